The summed E-state index contributed by atoms with van der Waals surface area (Å²) in [6.07, 6.45) is 0. The van der Waals surface area contributed by atoms with Crippen LogP contribution >= 0.6 is 11.6 Å². The fraction of sp³-hybridized carbons (Fsp3) is 0.0625. The van der Waals surface area contributed by atoms with Crippen LogP contribution in [-0.4, -0.2) is 5.16 Å². The Labute approximate surface area is 126 Å². The molecule has 1 heterocycles. The van der Waals surface area contributed by atoms with E-state index in [9.17, 15) is 4.39 Å². The van der Waals surface area contributed by atoms with Crippen molar-refractivity contribution in [2.45, 2.75) is 6.92 Å². The number of hydrogen-bond acceptors (Lipinski definition) is 3. The third-order valence-corrected chi connectivity index (χ3v) is 3.63. The van der Waals surface area contributed by atoms with Crippen molar-refractivity contribution in [2.24, 2.45) is 0 Å². The van der Waals surface area contributed by atoms with Gasteiger partial charge in [0.1, 0.15) is 11.5 Å². The lowest BCUT2D eigenvalue weighted by Crippen LogP contribution is -1.90. The van der Waals surface area contributed by atoms with Crippen molar-refractivity contribution in [1.82, 2.24) is 5.16 Å². The van der Waals surface area contributed by atoms with Crippen LogP contribution in [0.3, 0.4) is 0 Å². The second kappa shape index (κ2) is 5.22. The summed E-state index contributed by atoms with van der Waals surface area (Å²) >= 11 is 6.13. The fourth-order valence-electron chi connectivity index (χ4n) is 2.28. The molecule has 0 saturated heterocycles. The van der Waals surface area contributed by atoms with E-state index < -0.39 is 5.82 Å². The lowest BCUT2D eigenvalue weighted by molar-refractivity contribution is 0.439. The van der Waals surface area contributed by atoms with E-state index in [0.717, 1.165) is 11.1 Å². The maximum atomic E-state index is 13.2. The van der Waals surface area contributed by atoms with Crippen LogP contribution in [0.15, 0.2) is 47.0 Å². The van der Waals surface area contributed by atoms with Crippen LogP contribution in [0.5, 0.6) is 0 Å². The Morgan fingerprint density at radius 3 is 2.62 bits per heavy atom. The van der Waals surface area contributed by atoms with E-state index in [1.807, 2.05) is 31.2 Å². The highest BCUT2D eigenvalue weighted by Crippen LogP contribution is 2.40. The predicted molar refractivity (Wildman–Crippen MR) is 81.5 cm³/mol. The molecule has 0 saturated carbocycles. The topological polar surface area (TPSA) is 52.0 Å². The summed E-state index contributed by atoms with van der Waals surface area (Å²) in [5.41, 5.74) is 9.58. The number of nitrogens with two attached hydrogens (primary N) is 1. The van der Waals surface area contributed by atoms with E-state index in [1.165, 1.54) is 12.1 Å². The first kappa shape index (κ1) is 13.6. The number of aryl methyl sites for hydroxylation is 1. The van der Waals surface area contributed by atoms with Crippen LogP contribution in [0.25, 0.3) is 22.4 Å². The summed E-state index contributed by atoms with van der Waals surface area (Å²) in [4.78, 5) is 0. The highest BCUT2D eigenvalue weighted by molar-refractivity contribution is 6.33. The van der Waals surface area contributed by atoms with Gasteiger partial charge in [-0.3, -0.25) is 0 Å². The normalized spacial score (nSPS) is 10.8. The van der Waals surface area contributed by atoms with Crippen LogP contribution in [0.4, 0.5) is 10.3 Å². The summed E-state index contributed by atoms with van der Waals surface area (Å²) in [7, 11) is 0. The van der Waals surface area contributed by atoms with Crippen molar-refractivity contribution in [2.75, 3.05) is 5.73 Å². The van der Waals surface area contributed by atoms with Gasteiger partial charge in [0.2, 0.25) is 5.88 Å². The summed E-state index contributed by atoms with van der Waals surface area (Å²) < 4.78 is 18.3. The zero-order chi connectivity index (χ0) is 15.0. The van der Waals surface area contributed by atoms with Crippen molar-refractivity contribution in [3.05, 3.63) is 58.9 Å². The first-order chi connectivity index (χ1) is 10.1. The summed E-state index contributed by atoms with van der Waals surface area (Å²) in [6.45, 7) is 1.97. The quantitative estimate of drug-likeness (QED) is 0.747. The number of anilines is 1. The highest BCUT2D eigenvalue weighted by atomic mass is 35.5. The largest absolute Gasteiger partial charge is 0.367 e. The monoisotopic (exact) mass is 302 g/mol. The van der Waals surface area contributed by atoms with E-state index in [1.54, 1.807) is 6.07 Å². The van der Waals surface area contributed by atoms with Gasteiger partial charge in [-0.15, -0.1) is 0 Å². The molecule has 0 atom stereocenters. The molecule has 0 aliphatic rings. The molecule has 21 heavy (non-hydrogen) atoms. The Hall–Kier alpha value is -2.33. The molecule has 0 bridgehead atoms. The minimum absolute atomic E-state index is 0.154. The van der Waals surface area contributed by atoms with Gasteiger partial charge in [-0.25, -0.2) is 4.39 Å². The lowest BCUT2D eigenvalue weighted by atomic mass is 9.98. The SMILES string of the molecule is Cc1ccccc1-c1noc(N)c1-c1ccc(F)cc1Cl. The average molecular weight is 303 g/mol. The van der Waals surface area contributed by atoms with Crippen LogP contribution in [0.1, 0.15) is 5.56 Å². The molecular formula is C16H12ClFN2O. The van der Waals surface area contributed by atoms with Gasteiger partial charge < -0.3 is 10.3 Å². The Morgan fingerprint density at radius 2 is 1.90 bits per heavy atom. The predicted octanol–water partition coefficient (Wildman–Crippen LogP) is 4.69. The Kier molecular flexibility index (Phi) is 3.39. The molecule has 0 fully saturated rings. The van der Waals surface area contributed by atoms with E-state index in [4.69, 9.17) is 21.9 Å². The minimum Gasteiger partial charge on any atom is -0.367 e. The number of aromatic nitrogens is 1. The Morgan fingerprint density at radius 1 is 1.14 bits per heavy atom. The van der Waals surface area contributed by atoms with Crippen molar-refractivity contribution in [3.63, 3.8) is 0 Å². The molecule has 0 radical (unpaired) electrons. The van der Waals surface area contributed by atoms with Crippen LogP contribution in [0.2, 0.25) is 5.02 Å². The maximum Gasteiger partial charge on any atom is 0.230 e. The van der Waals surface area contributed by atoms with Gasteiger partial charge in [0.15, 0.2) is 0 Å². The fourth-order valence-corrected chi connectivity index (χ4v) is 2.54. The highest BCUT2D eigenvalue weighted by Gasteiger charge is 2.20. The molecule has 0 unspecified atom stereocenters. The van der Waals surface area contributed by atoms with Crippen LogP contribution in [-0.2, 0) is 0 Å². The maximum absolute atomic E-state index is 13.2. The summed E-state index contributed by atoms with van der Waals surface area (Å²) in [5.74, 6) is -0.252. The first-order valence-electron chi connectivity index (χ1n) is 6.34. The van der Waals surface area contributed by atoms with E-state index >= 15 is 0 Å². The van der Waals surface area contributed by atoms with Crippen molar-refractivity contribution in [3.8, 4) is 22.4 Å². The third-order valence-electron chi connectivity index (χ3n) is 3.32. The molecule has 106 valence electrons. The van der Waals surface area contributed by atoms with Gasteiger partial charge in [0.05, 0.1) is 10.6 Å². The van der Waals surface area contributed by atoms with Gasteiger partial charge in [-0.2, -0.15) is 0 Å². The molecule has 0 spiro atoms. The van der Waals surface area contributed by atoms with Crippen LogP contribution < -0.4 is 5.73 Å². The molecule has 0 aliphatic carbocycles. The summed E-state index contributed by atoms with van der Waals surface area (Å²) in [5, 5.41) is 4.30. The molecule has 3 nitrogen and oxygen atoms in total. The molecule has 0 amide bonds. The Balaban J connectivity index is 2.25. The molecule has 2 aromatic carbocycles. The zero-order valence-electron chi connectivity index (χ0n) is 11.2. The van der Waals surface area contributed by atoms with Gasteiger partial charge in [-0.1, -0.05) is 41.0 Å². The second-order valence-corrected chi connectivity index (χ2v) is 5.12. The second-order valence-electron chi connectivity index (χ2n) is 4.71. The lowest BCUT2D eigenvalue weighted by Gasteiger charge is -2.07. The van der Waals surface area contributed by atoms with E-state index in [0.29, 0.717) is 16.8 Å². The molecular weight excluding hydrogens is 291 g/mol. The average Bonchev–Trinajstić information content (AvgIpc) is 2.81. The minimum atomic E-state index is -0.406. The molecule has 5 heteroatoms. The number of benzene rings is 2. The van der Waals surface area contributed by atoms with Crippen LogP contribution in [0, 0.1) is 12.7 Å². The molecule has 1 aromatic heterocycles. The van der Waals surface area contributed by atoms with Crippen molar-refractivity contribution in [1.29, 1.82) is 0 Å². The van der Waals surface area contributed by atoms with Gasteiger partial charge in [-0.05, 0) is 30.7 Å². The number of rotatable bonds is 2. The number of nitrogen functional groups attached to an aromatic ring is 1. The third kappa shape index (κ3) is 2.38. The van der Waals surface area contributed by atoms with E-state index in [-0.39, 0.29) is 10.9 Å². The van der Waals surface area contributed by atoms with Gasteiger partial charge in [0.25, 0.3) is 0 Å². The number of hydrogen-bond donors (Lipinski definition) is 1. The molecule has 0 aliphatic heterocycles. The number of nitrogens with zero attached hydrogens (tertiary/aromatic N) is 1. The van der Waals surface area contributed by atoms with Crippen molar-refractivity contribution >= 4 is 17.5 Å². The Bertz CT molecular complexity index is 814. The first-order valence-corrected chi connectivity index (χ1v) is 6.72. The molecule has 2 N–H and O–H groups in total. The molecule has 3 aromatic rings. The zero-order valence-corrected chi connectivity index (χ0v) is 12.0. The summed E-state index contributed by atoms with van der Waals surface area (Å²) in [6, 6.07) is 11.9. The smallest absolute Gasteiger partial charge is 0.230 e. The van der Waals surface area contributed by atoms with Crippen molar-refractivity contribution < 1.29 is 8.91 Å². The van der Waals surface area contributed by atoms with Gasteiger partial charge in [0, 0.05) is 11.1 Å². The van der Waals surface area contributed by atoms with E-state index in [2.05, 4.69) is 5.16 Å². The standard InChI is InChI=1S/C16H12ClFN2O/c1-9-4-2-3-5-11(9)15-14(16(19)21-20-15)12-7-6-10(18)8-13(12)17/h2-8H,19H2,1H3. The number of halogens is 2. The van der Waals surface area contributed by atoms with Gasteiger partial charge >= 0.3 is 0 Å². The molecule has 3 rings (SSSR count).